The molecular formula is C33H56. The van der Waals surface area contributed by atoms with Crippen molar-refractivity contribution < 1.29 is 0 Å². The maximum atomic E-state index is 2.81. The average Bonchev–Trinajstić information content (AvgIpc) is 3.51. The lowest BCUT2D eigenvalue weighted by atomic mass is 9.45. The van der Waals surface area contributed by atoms with Gasteiger partial charge in [0, 0.05) is 0 Å². The van der Waals surface area contributed by atoms with E-state index in [0.717, 1.165) is 76.9 Å². The molecule has 0 aromatic carbocycles. The van der Waals surface area contributed by atoms with Crippen molar-refractivity contribution in [2.45, 2.75) is 130 Å². The smallest absolute Gasteiger partial charge is 0.0321 e. The molecule has 0 spiro atoms. The summed E-state index contributed by atoms with van der Waals surface area (Å²) in [6.45, 7) is 8.17. The molecule has 0 radical (unpaired) electrons. The zero-order chi connectivity index (χ0) is 22.5. The Balaban J connectivity index is 1.33. The molecule has 11 unspecified atom stereocenters. The van der Waals surface area contributed by atoms with Crippen LogP contribution in [0.5, 0.6) is 0 Å². The van der Waals surface area contributed by atoms with Crippen molar-refractivity contribution in [3.8, 4) is 0 Å². The predicted molar refractivity (Wildman–Crippen MR) is 141 cm³/mol. The van der Waals surface area contributed by atoms with Gasteiger partial charge in [-0.05, 0) is 115 Å². The van der Waals surface area contributed by atoms with Crippen LogP contribution in [0.25, 0.3) is 0 Å². The zero-order valence-corrected chi connectivity index (χ0v) is 22.5. The first-order valence-electron chi connectivity index (χ1n) is 16.1. The second-order valence-electron chi connectivity index (χ2n) is 14.8. The Morgan fingerprint density at radius 3 is 1.27 bits per heavy atom. The number of hydrogen-bond acceptors (Lipinski definition) is 0. The maximum absolute atomic E-state index is 2.81. The summed E-state index contributed by atoms with van der Waals surface area (Å²) in [5.74, 6) is 13.9. The minimum Gasteiger partial charge on any atom is -0.0625 e. The molecule has 0 N–H and O–H groups in total. The van der Waals surface area contributed by atoms with Crippen LogP contribution in [0.1, 0.15) is 130 Å². The number of hydrogen-bond donors (Lipinski definition) is 0. The standard InChI is InChI=1S/C33H56/c1-21-16-17-27(18-21)31-20-26-13-7-9-15-29(26)33(23(31)3)32-22(2)30(24-10-4-5-11-24)19-25-12-6-8-14-28(25)32/h21-33H,4-20H2,1-3H3/t21?,22?,23?,25?,26?,27-,28?,29?,30?,31?,32?,33?/m1/s1. The van der Waals surface area contributed by atoms with Gasteiger partial charge in [0.2, 0.25) is 0 Å². The first-order chi connectivity index (χ1) is 16.1. The molecule has 0 aromatic heterocycles. The molecule has 0 amide bonds. The van der Waals surface area contributed by atoms with E-state index in [9.17, 15) is 0 Å². The summed E-state index contributed by atoms with van der Waals surface area (Å²) in [6, 6.07) is 0. The second kappa shape index (κ2) is 9.81. The summed E-state index contributed by atoms with van der Waals surface area (Å²) in [7, 11) is 0. The van der Waals surface area contributed by atoms with Crippen molar-refractivity contribution in [1.82, 2.24) is 0 Å². The SMILES string of the molecule is CC1CC[C@@H](C2CC3CCCCC3C(C3C(C)C(C4CCCC4)CC4CCCCC43)C2C)C1. The molecule has 6 aliphatic rings. The highest BCUT2D eigenvalue weighted by Gasteiger charge is 2.55. The molecular weight excluding hydrogens is 396 g/mol. The van der Waals surface area contributed by atoms with Crippen LogP contribution in [0.4, 0.5) is 0 Å². The van der Waals surface area contributed by atoms with Gasteiger partial charge in [0.15, 0.2) is 0 Å². The molecule has 0 aromatic rings. The molecule has 0 bridgehead atoms. The molecule has 0 heteroatoms. The summed E-state index contributed by atoms with van der Waals surface area (Å²) < 4.78 is 0. The van der Waals surface area contributed by atoms with E-state index in [1.807, 2.05) is 0 Å². The Hall–Kier alpha value is 0. The zero-order valence-electron chi connectivity index (χ0n) is 22.5. The molecule has 33 heavy (non-hydrogen) atoms. The molecule has 6 saturated carbocycles. The Labute approximate surface area is 206 Å². The summed E-state index contributed by atoms with van der Waals surface area (Å²) in [5.41, 5.74) is 0. The number of fused-ring (bicyclic) bond motifs is 2. The van der Waals surface area contributed by atoms with Crippen molar-refractivity contribution >= 4 is 0 Å². The topological polar surface area (TPSA) is 0 Å². The fraction of sp³-hybridized carbons (Fsp3) is 1.00. The summed E-state index contributed by atoms with van der Waals surface area (Å²) in [5, 5.41) is 0. The van der Waals surface area contributed by atoms with E-state index in [1.165, 1.54) is 6.42 Å². The Morgan fingerprint density at radius 1 is 0.364 bits per heavy atom. The third kappa shape index (κ3) is 4.28. The van der Waals surface area contributed by atoms with E-state index in [-0.39, 0.29) is 0 Å². The van der Waals surface area contributed by atoms with Crippen molar-refractivity contribution in [3.63, 3.8) is 0 Å². The monoisotopic (exact) mass is 452 g/mol. The van der Waals surface area contributed by atoms with Crippen molar-refractivity contribution in [2.75, 3.05) is 0 Å². The third-order valence-corrected chi connectivity index (χ3v) is 13.4. The van der Waals surface area contributed by atoms with Gasteiger partial charge in [-0.1, -0.05) is 91.4 Å². The van der Waals surface area contributed by atoms with Gasteiger partial charge < -0.3 is 0 Å². The van der Waals surface area contributed by atoms with E-state index in [1.54, 1.807) is 103 Å². The quantitative estimate of drug-likeness (QED) is 0.399. The summed E-state index contributed by atoms with van der Waals surface area (Å²) in [6.07, 6.45) is 26.7. The molecule has 12 atom stereocenters. The Kier molecular flexibility index (Phi) is 6.95. The average molecular weight is 453 g/mol. The summed E-state index contributed by atoms with van der Waals surface area (Å²) in [4.78, 5) is 0. The van der Waals surface area contributed by atoms with Crippen LogP contribution >= 0.6 is 0 Å². The Bertz CT molecular complexity index is 644. The summed E-state index contributed by atoms with van der Waals surface area (Å²) >= 11 is 0. The fourth-order valence-electron chi connectivity index (χ4n) is 12.1. The third-order valence-electron chi connectivity index (χ3n) is 13.4. The van der Waals surface area contributed by atoms with Gasteiger partial charge in [-0.3, -0.25) is 0 Å². The van der Waals surface area contributed by atoms with Gasteiger partial charge in [0.1, 0.15) is 0 Å². The minimum absolute atomic E-state index is 1.01. The molecule has 6 aliphatic carbocycles. The van der Waals surface area contributed by atoms with E-state index in [4.69, 9.17) is 0 Å². The molecule has 188 valence electrons. The van der Waals surface area contributed by atoms with Crippen LogP contribution in [0.3, 0.4) is 0 Å². The second-order valence-corrected chi connectivity index (χ2v) is 14.8. The molecule has 6 rings (SSSR count). The van der Waals surface area contributed by atoms with Gasteiger partial charge in [0.25, 0.3) is 0 Å². The van der Waals surface area contributed by atoms with Crippen LogP contribution < -0.4 is 0 Å². The van der Waals surface area contributed by atoms with Crippen LogP contribution in [-0.4, -0.2) is 0 Å². The van der Waals surface area contributed by atoms with Crippen LogP contribution in [0.15, 0.2) is 0 Å². The van der Waals surface area contributed by atoms with E-state index in [2.05, 4.69) is 20.8 Å². The largest absolute Gasteiger partial charge is 0.0625 e. The molecule has 0 aliphatic heterocycles. The lowest BCUT2D eigenvalue weighted by Crippen LogP contribution is -2.53. The van der Waals surface area contributed by atoms with Crippen LogP contribution in [0.2, 0.25) is 0 Å². The van der Waals surface area contributed by atoms with Crippen LogP contribution in [0, 0.1) is 76.9 Å². The molecule has 0 nitrogen and oxygen atoms in total. The normalized spacial score (nSPS) is 53.5. The van der Waals surface area contributed by atoms with Gasteiger partial charge in [-0.2, -0.15) is 0 Å². The van der Waals surface area contributed by atoms with Gasteiger partial charge in [-0.25, -0.2) is 0 Å². The molecule has 6 fully saturated rings. The van der Waals surface area contributed by atoms with E-state index >= 15 is 0 Å². The highest BCUT2D eigenvalue weighted by Crippen LogP contribution is 2.62. The van der Waals surface area contributed by atoms with Gasteiger partial charge in [-0.15, -0.1) is 0 Å². The van der Waals surface area contributed by atoms with Crippen molar-refractivity contribution in [3.05, 3.63) is 0 Å². The highest BCUT2D eigenvalue weighted by molar-refractivity contribution is 5.04. The minimum atomic E-state index is 1.01. The lowest BCUT2D eigenvalue weighted by molar-refractivity contribution is -0.111. The Morgan fingerprint density at radius 2 is 0.788 bits per heavy atom. The lowest BCUT2D eigenvalue weighted by Gasteiger charge is -2.60. The van der Waals surface area contributed by atoms with E-state index < -0.39 is 0 Å². The maximum Gasteiger partial charge on any atom is -0.0321 e. The van der Waals surface area contributed by atoms with Crippen molar-refractivity contribution in [2.24, 2.45) is 76.9 Å². The first kappa shape index (κ1) is 23.4. The van der Waals surface area contributed by atoms with Crippen molar-refractivity contribution in [1.29, 1.82) is 0 Å². The first-order valence-corrected chi connectivity index (χ1v) is 16.1. The van der Waals surface area contributed by atoms with E-state index in [0.29, 0.717) is 0 Å². The van der Waals surface area contributed by atoms with Crippen LogP contribution in [-0.2, 0) is 0 Å². The van der Waals surface area contributed by atoms with Gasteiger partial charge in [0.05, 0.1) is 0 Å². The molecule has 0 saturated heterocycles. The highest BCUT2D eigenvalue weighted by atomic mass is 14.6. The molecule has 0 heterocycles. The fourth-order valence-corrected chi connectivity index (χ4v) is 12.1. The number of rotatable bonds is 3. The predicted octanol–water partition coefficient (Wildman–Crippen LogP) is 9.77. The van der Waals surface area contributed by atoms with Gasteiger partial charge >= 0.3 is 0 Å².